The number of rotatable bonds is 6. The smallest absolute Gasteiger partial charge is 0.160 e. The van der Waals surface area contributed by atoms with Crippen LogP contribution in [0.25, 0.3) is 110 Å². The summed E-state index contributed by atoms with van der Waals surface area (Å²) in [6.45, 7) is 17.9. The van der Waals surface area contributed by atoms with Gasteiger partial charge in [0.15, 0.2) is 11.2 Å². The van der Waals surface area contributed by atoms with Crippen LogP contribution in [0.5, 0.6) is 0 Å². The molecule has 0 bridgehead atoms. The minimum Gasteiger partial charge on any atom is -0.456 e. The lowest BCUT2D eigenvalue weighted by atomic mass is 9.70. The predicted molar refractivity (Wildman–Crippen MR) is 366 cm³/mol. The fourth-order valence-corrected chi connectivity index (χ4v) is 15.2. The second-order valence-electron chi connectivity index (χ2n) is 26.7. The van der Waals surface area contributed by atoms with Gasteiger partial charge in [-0.15, -0.1) is 0 Å². The molecule has 5 aromatic heterocycles. The van der Waals surface area contributed by atoms with Gasteiger partial charge >= 0.3 is 0 Å². The molecule has 0 saturated carbocycles. The summed E-state index contributed by atoms with van der Waals surface area (Å²) < 4.78 is 28.9. The first kappa shape index (κ1) is 51.6. The van der Waals surface area contributed by atoms with Crippen LogP contribution in [0.1, 0.15) is 86.1 Å². The number of aryl methyl sites for hydroxylation is 2. The molecule has 0 amide bonds. The third kappa shape index (κ3) is 7.18. The lowest BCUT2D eigenvalue weighted by Gasteiger charge is -2.33. The number of hydrogen-bond acceptors (Lipinski definition) is 7. The normalized spacial score (nSPS) is 13.5. The number of para-hydroxylation sites is 4. The summed E-state index contributed by atoms with van der Waals surface area (Å²) in [5.74, 6) is 0.771. The first-order valence-corrected chi connectivity index (χ1v) is 30.9. The van der Waals surface area contributed by atoms with Crippen molar-refractivity contribution in [3.05, 3.63) is 269 Å². The number of nitrogens with zero attached hydrogens (tertiary/aromatic N) is 3. The van der Waals surface area contributed by atoms with Gasteiger partial charge in [-0.2, -0.15) is 0 Å². The van der Waals surface area contributed by atoms with E-state index in [0.29, 0.717) is 0 Å². The maximum absolute atomic E-state index is 7.53. The number of anilines is 6. The van der Waals surface area contributed by atoms with Gasteiger partial charge in [-0.3, -0.25) is 4.90 Å². The molecule has 0 atom stereocenters. The van der Waals surface area contributed by atoms with E-state index in [1.54, 1.807) is 0 Å². The summed E-state index contributed by atoms with van der Waals surface area (Å²) in [4.78, 5) is 10.0. The fraction of sp³-hybridized carbons (Fsp3) is 0.134. The van der Waals surface area contributed by atoms with E-state index in [1.165, 1.54) is 16.7 Å². The molecule has 0 unspecified atom stereocenters. The highest BCUT2D eigenvalue weighted by atomic mass is 16.3. The van der Waals surface area contributed by atoms with Crippen molar-refractivity contribution in [1.82, 2.24) is 4.98 Å². The molecular weight excluding hydrogens is 1090 g/mol. The van der Waals surface area contributed by atoms with Gasteiger partial charge in [0.05, 0.1) is 16.8 Å². The van der Waals surface area contributed by atoms with Crippen molar-refractivity contribution in [1.29, 1.82) is 0 Å². The zero-order chi connectivity index (χ0) is 60.0. The van der Waals surface area contributed by atoms with Crippen LogP contribution in [0.15, 0.2) is 242 Å². The Hall–Kier alpha value is -10.6. The Labute approximate surface area is 514 Å². The van der Waals surface area contributed by atoms with Gasteiger partial charge in [0.25, 0.3) is 0 Å². The second-order valence-corrected chi connectivity index (χ2v) is 26.7. The van der Waals surface area contributed by atoms with Crippen LogP contribution in [0.4, 0.5) is 34.3 Å². The molecule has 16 aromatic rings. The lowest BCUT2D eigenvalue weighted by Crippen LogP contribution is -2.27. The van der Waals surface area contributed by atoms with Gasteiger partial charge in [0.2, 0.25) is 0 Å². The summed E-state index contributed by atoms with van der Waals surface area (Å²) in [6.07, 6.45) is 1.97. The molecule has 5 heterocycles. The van der Waals surface area contributed by atoms with Crippen molar-refractivity contribution < 1.29 is 17.7 Å². The molecule has 2 aliphatic carbocycles. The summed E-state index contributed by atoms with van der Waals surface area (Å²) >= 11 is 0. The van der Waals surface area contributed by atoms with Crippen molar-refractivity contribution in [3.8, 4) is 22.3 Å². The molecule has 89 heavy (non-hydrogen) atoms. The van der Waals surface area contributed by atoms with Gasteiger partial charge in [-0.25, -0.2) is 4.98 Å². The average Bonchev–Trinajstić information content (AvgIpc) is 1.48. The highest BCUT2D eigenvalue weighted by Crippen LogP contribution is 2.70. The Morgan fingerprint density at radius 3 is 1.13 bits per heavy atom. The monoisotopic (exact) mass is 1150 g/mol. The standard InChI is InChI=1S/C82H61N3O4/c1-46-25-32-50(33-26-46)84(51-34-28-48(29-35-51)80(3,4)5)61-43-59-76(72-55-19-11-15-23-65(55)88-78(61)72)77-60(44-62(79-73(77)56-20-12-16-24-66(56)89-79)85(69-42-27-47(2)45-83-69)52-36-30-49(31-37-52)81(6,7)8)82(59)57-38-40-67-70(53-17-9-13-21-63(53)86-67)74(57)75-58(82)39-41-68-71(75)54-18-10-14-22-64(54)87-68/h9-45H,1-8H3. The van der Waals surface area contributed by atoms with Crippen molar-refractivity contribution >= 4 is 122 Å². The van der Waals surface area contributed by atoms with Gasteiger partial charge in [-0.1, -0.05) is 174 Å². The predicted octanol–water partition coefficient (Wildman–Crippen LogP) is 23.2. The molecule has 0 aliphatic heterocycles. The topological polar surface area (TPSA) is 71.9 Å². The van der Waals surface area contributed by atoms with Crippen LogP contribution in [-0.4, -0.2) is 4.98 Å². The van der Waals surface area contributed by atoms with Gasteiger partial charge in [0.1, 0.15) is 39.3 Å². The average molecular weight is 1150 g/mol. The molecule has 7 nitrogen and oxygen atoms in total. The fourth-order valence-electron chi connectivity index (χ4n) is 15.2. The largest absolute Gasteiger partial charge is 0.456 e. The summed E-state index contributed by atoms with van der Waals surface area (Å²) in [6, 6.07) is 79.7. The van der Waals surface area contributed by atoms with Crippen molar-refractivity contribution in [3.63, 3.8) is 0 Å². The number of fused-ring (bicyclic) bond motifs is 26. The Bertz CT molecular complexity index is 5290. The number of pyridine rings is 1. The number of furan rings is 4. The van der Waals surface area contributed by atoms with E-state index in [0.717, 1.165) is 172 Å². The Morgan fingerprint density at radius 2 is 0.708 bits per heavy atom. The first-order chi connectivity index (χ1) is 43.2. The summed E-state index contributed by atoms with van der Waals surface area (Å²) in [5, 5.41) is 8.33. The van der Waals surface area contributed by atoms with E-state index in [1.807, 2.05) is 6.20 Å². The Balaban J connectivity index is 1.08. The number of aromatic nitrogens is 1. The minimum absolute atomic E-state index is 0.0614. The highest BCUT2D eigenvalue weighted by molar-refractivity contribution is 6.30. The zero-order valence-electron chi connectivity index (χ0n) is 50.8. The molecule has 0 radical (unpaired) electrons. The molecule has 0 N–H and O–H groups in total. The number of benzene rings is 11. The number of hydrogen-bond donors (Lipinski definition) is 0. The lowest BCUT2D eigenvalue weighted by molar-refractivity contribution is 0.590. The van der Waals surface area contributed by atoms with Crippen LogP contribution in [-0.2, 0) is 16.2 Å². The zero-order valence-corrected chi connectivity index (χ0v) is 50.8. The third-order valence-corrected chi connectivity index (χ3v) is 19.3. The SMILES string of the molecule is Cc1ccc(N(c2ccc(C(C)(C)C)cc2)c2cc3c(c4c2oc2ccccc24)-c2c(cc(N(c4ccc(C(C)(C)C)cc4)c4ccc(C)cn4)c4oc5ccccc5c24)C32c3ccc4oc5ccccc5c4c3-c3c2ccc2oc4ccccc4c32)cc1. The van der Waals surface area contributed by atoms with E-state index < -0.39 is 5.41 Å². The summed E-state index contributed by atoms with van der Waals surface area (Å²) in [5.41, 5.74) is 23.8. The quantitative estimate of drug-likeness (QED) is 0.164. The van der Waals surface area contributed by atoms with Crippen LogP contribution in [0.3, 0.4) is 0 Å². The van der Waals surface area contributed by atoms with Gasteiger partial charge in [-0.05, 0) is 177 Å². The van der Waals surface area contributed by atoms with E-state index >= 15 is 0 Å². The molecular formula is C82H61N3O4. The van der Waals surface area contributed by atoms with Crippen LogP contribution in [0.2, 0.25) is 0 Å². The van der Waals surface area contributed by atoms with E-state index in [-0.39, 0.29) is 10.8 Å². The van der Waals surface area contributed by atoms with Crippen molar-refractivity contribution in [2.75, 3.05) is 9.80 Å². The van der Waals surface area contributed by atoms with Crippen molar-refractivity contribution in [2.45, 2.75) is 71.6 Å². The molecule has 11 aromatic carbocycles. The van der Waals surface area contributed by atoms with E-state index in [4.69, 9.17) is 22.7 Å². The molecule has 2 aliphatic rings. The molecule has 0 saturated heterocycles. The first-order valence-electron chi connectivity index (χ1n) is 30.9. The van der Waals surface area contributed by atoms with Gasteiger partial charge < -0.3 is 22.6 Å². The third-order valence-electron chi connectivity index (χ3n) is 19.3. The van der Waals surface area contributed by atoms with E-state index in [9.17, 15) is 0 Å². The van der Waals surface area contributed by atoms with E-state index in [2.05, 4.69) is 284 Å². The maximum Gasteiger partial charge on any atom is 0.160 e. The van der Waals surface area contributed by atoms with Gasteiger partial charge in [0, 0.05) is 66.3 Å². The van der Waals surface area contributed by atoms with Crippen LogP contribution < -0.4 is 9.80 Å². The molecule has 428 valence electrons. The Morgan fingerprint density at radius 1 is 0.337 bits per heavy atom. The summed E-state index contributed by atoms with van der Waals surface area (Å²) in [7, 11) is 0. The molecule has 1 spiro atoms. The van der Waals surface area contributed by atoms with Crippen LogP contribution in [0, 0.1) is 13.8 Å². The molecule has 0 fully saturated rings. The highest BCUT2D eigenvalue weighted by Gasteiger charge is 2.56. The second kappa shape index (κ2) is 18.2. The molecule has 7 heteroatoms. The Kier molecular flexibility index (Phi) is 10.6. The molecule has 18 rings (SSSR count). The maximum atomic E-state index is 7.53. The van der Waals surface area contributed by atoms with Crippen molar-refractivity contribution in [2.24, 2.45) is 0 Å². The van der Waals surface area contributed by atoms with Crippen LogP contribution >= 0.6 is 0 Å². The minimum atomic E-state index is -1.03.